The largest absolute Gasteiger partial charge is 0.491 e. The second-order valence-electron chi connectivity index (χ2n) is 4.32. The number of ether oxygens (including phenoxy) is 1. The Morgan fingerprint density at radius 2 is 2.16 bits per heavy atom. The summed E-state index contributed by atoms with van der Waals surface area (Å²) in [7, 11) is 0. The highest BCUT2D eigenvalue weighted by Crippen LogP contribution is 2.29. The maximum Gasteiger partial charge on any atom is 0.144 e. The van der Waals surface area contributed by atoms with Crippen molar-refractivity contribution >= 4 is 22.7 Å². The van der Waals surface area contributed by atoms with Crippen LogP contribution < -0.4 is 15.8 Å². The zero-order valence-corrected chi connectivity index (χ0v) is 12.0. The Kier molecular flexibility index (Phi) is 5.10. The Hall–Kier alpha value is -1.68. The van der Waals surface area contributed by atoms with Crippen LogP contribution >= 0.6 is 11.3 Å². The van der Waals surface area contributed by atoms with Crippen molar-refractivity contribution in [3.05, 3.63) is 40.6 Å². The molecule has 2 rings (SSSR count). The first-order valence-corrected chi connectivity index (χ1v) is 7.46. The lowest BCUT2D eigenvalue weighted by Crippen LogP contribution is -2.07. The van der Waals surface area contributed by atoms with Crippen molar-refractivity contribution in [3.63, 3.8) is 0 Å². The van der Waals surface area contributed by atoms with Crippen molar-refractivity contribution in [2.45, 2.75) is 19.8 Å². The number of nitrogens with one attached hydrogen (secondary N) is 1. The normalized spacial score (nSPS) is 10.4. The van der Waals surface area contributed by atoms with E-state index in [1.54, 1.807) is 11.3 Å². The maximum atomic E-state index is 6.10. The van der Waals surface area contributed by atoms with Crippen LogP contribution in [0.15, 0.2) is 35.7 Å². The molecule has 2 aromatic rings. The minimum absolute atomic E-state index is 0.696. The highest BCUT2D eigenvalue weighted by molar-refractivity contribution is 7.09. The summed E-state index contributed by atoms with van der Waals surface area (Å²) in [4.78, 5) is 1.38. The fraction of sp³-hybridized carbons (Fsp3) is 0.333. The summed E-state index contributed by atoms with van der Waals surface area (Å²) in [5.41, 5.74) is 7.74. The van der Waals surface area contributed by atoms with E-state index in [2.05, 4.69) is 29.8 Å². The summed E-state index contributed by atoms with van der Waals surface area (Å²) in [6.45, 7) is 3.66. The number of thiophene rings is 1. The number of benzene rings is 1. The van der Waals surface area contributed by atoms with Crippen molar-refractivity contribution in [3.8, 4) is 5.75 Å². The molecule has 4 heteroatoms. The molecule has 0 atom stereocenters. The standard InChI is InChI=1S/C15H20N2OS/c1-2-10-18-14-7-3-6-13(15(14)16)17-9-8-12-5-4-11-19-12/h3-7,11,17H,2,8-10,16H2,1H3. The van der Waals surface area contributed by atoms with Crippen LogP contribution in [0.25, 0.3) is 0 Å². The zero-order chi connectivity index (χ0) is 13.5. The number of nitrogens with two attached hydrogens (primary N) is 1. The molecule has 0 amide bonds. The van der Waals surface area contributed by atoms with Gasteiger partial charge in [0.15, 0.2) is 0 Å². The van der Waals surface area contributed by atoms with Gasteiger partial charge in [-0.05, 0) is 36.4 Å². The van der Waals surface area contributed by atoms with Gasteiger partial charge in [-0.2, -0.15) is 0 Å². The van der Waals surface area contributed by atoms with Gasteiger partial charge in [0.2, 0.25) is 0 Å². The third kappa shape index (κ3) is 3.89. The van der Waals surface area contributed by atoms with Crippen molar-refractivity contribution < 1.29 is 4.74 Å². The number of para-hydroxylation sites is 1. The van der Waals surface area contributed by atoms with Crippen LogP contribution in [-0.2, 0) is 6.42 Å². The van der Waals surface area contributed by atoms with E-state index in [9.17, 15) is 0 Å². The molecular formula is C15H20N2OS. The molecule has 1 heterocycles. The van der Waals surface area contributed by atoms with Gasteiger partial charge in [0.25, 0.3) is 0 Å². The molecule has 0 spiro atoms. The Morgan fingerprint density at radius 1 is 1.26 bits per heavy atom. The minimum Gasteiger partial charge on any atom is -0.491 e. The maximum absolute atomic E-state index is 6.10. The molecule has 0 aliphatic rings. The number of hydrogen-bond acceptors (Lipinski definition) is 4. The van der Waals surface area contributed by atoms with Crippen LogP contribution in [-0.4, -0.2) is 13.2 Å². The van der Waals surface area contributed by atoms with E-state index >= 15 is 0 Å². The predicted molar refractivity (Wildman–Crippen MR) is 83.2 cm³/mol. The number of anilines is 2. The molecule has 0 saturated heterocycles. The molecule has 19 heavy (non-hydrogen) atoms. The van der Waals surface area contributed by atoms with E-state index in [1.165, 1.54) is 4.88 Å². The first kappa shape index (κ1) is 13.7. The minimum atomic E-state index is 0.696. The van der Waals surface area contributed by atoms with Gasteiger partial charge in [0.1, 0.15) is 5.75 Å². The van der Waals surface area contributed by atoms with Crippen molar-refractivity contribution in [2.24, 2.45) is 0 Å². The second-order valence-corrected chi connectivity index (χ2v) is 5.35. The first-order chi connectivity index (χ1) is 9.31. The first-order valence-electron chi connectivity index (χ1n) is 6.58. The van der Waals surface area contributed by atoms with E-state index in [-0.39, 0.29) is 0 Å². The van der Waals surface area contributed by atoms with E-state index < -0.39 is 0 Å². The fourth-order valence-corrected chi connectivity index (χ4v) is 2.52. The van der Waals surface area contributed by atoms with Crippen LogP contribution in [0.1, 0.15) is 18.2 Å². The lowest BCUT2D eigenvalue weighted by molar-refractivity contribution is 0.319. The van der Waals surface area contributed by atoms with E-state index in [0.717, 1.165) is 30.8 Å². The Morgan fingerprint density at radius 3 is 2.89 bits per heavy atom. The molecule has 3 N–H and O–H groups in total. The lowest BCUT2D eigenvalue weighted by atomic mass is 10.2. The van der Waals surface area contributed by atoms with Gasteiger partial charge in [-0.15, -0.1) is 11.3 Å². The smallest absolute Gasteiger partial charge is 0.144 e. The predicted octanol–water partition coefficient (Wildman–Crippen LogP) is 3.77. The summed E-state index contributed by atoms with van der Waals surface area (Å²) in [6, 6.07) is 10.1. The van der Waals surface area contributed by atoms with Crippen molar-refractivity contribution in [2.75, 3.05) is 24.2 Å². The van der Waals surface area contributed by atoms with E-state index in [4.69, 9.17) is 10.5 Å². The summed E-state index contributed by atoms with van der Waals surface area (Å²) in [5, 5.41) is 5.47. The van der Waals surface area contributed by atoms with Crippen LogP contribution in [0, 0.1) is 0 Å². The molecule has 102 valence electrons. The zero-order valence-electron chi connectivity index (χ0n) is 11.2. The van der Waals surface area contributed by atoms with Crippen molar-refractivity contribution in [1.29, 1.82) is 0 Å². The number of rotatable bonds is 7. The Labute approximate surface area is 118 Å². The Balaban J connectivity index is 1.92. The molecule has 0 fully saturated rings. The van der Waals surface area contributed by atoms with Gasteiger partial charge >= 0.3 is 0 Å². The average molecular weight is 276 g/mol. The number of hydrogen-bond donors (Lipinski definition) is 2. The third-order valence-electron chi connectivity index (χ3n) is 2.79. The van der Waals surface area contributed by atoms with Crippen LogP contribution in [0.2, 0.25) is 0 Å². The molecule has 0 saturated carbocycles. The summed E-state index contributed by atoms with van der Waals surface area (Å²) in [5.74, 6) is 0.767. The van der Waals surface area contributed by atoms with Crippen LogP contribution in [0.4, 0.5) is 11.4 Å². The molecule has 1 aromatic carbocycles. The average Bonchev–Trinajstić information content (AvgIpc) is 2.92. The van der Waals surface area contributed by atoms with Crippen molar-refractivity contribution in [1.82, 2.24) is 0 Å². The molecule has 0 unspecified atom stereocenters. The summed E-state index contributed by atoms with van der Waals surface area (Å²) >= 11 is 1.78. The number of nitrogen functional groups attached to an aromatic ring is 1. The van der Waals surface area contributed by atoms with Crippen LogP contribution in [0.5, 0.6) is 5.75 Å². The molecule has 0 aliphatic carbocycles. The van der Waals surface area contributed by atoms with Gasteiger partial charge in [-0.1, -0.05) is 19.1 Å². The van der Waals surface area contributed by atoms with Crippen LogP contribution in [0.3, 0.4) is 0 Å². The van der Waals surface area contributed by atoms with Gasteiger partial charge in [-0.25, -0.2) is 0 Å². The molecule has 0 radical (unpaired) electrons. The highest BCUT2D eigenvalue weighted by atomic mass is 32.1. The second kappa shape index (κ2) is 7.04. The molecule has 0 bridgehead atoms. The fourth-order valence-electron chi connectivity index (χ4n) is 1.81. The quantitative estimate of drug-likeness (QED) is 0.757. The SMILES string of the molecule is CCCOc1cccc(NCCc2cccs2)c1N. The summed E-state index contributed by atoms with van der Waals surface area (Å²) < 4.78 is 5.62. The molecule has 3 nitrogen and oxygen atoms in total. The molecular weight excluding hydrogens is 256 g/mol. The lowest BCUT2D eigenvalue weighted by Gasteiger charge is -2.13. The van der Waals surface area contributed by atoms with Gasteiger partial charge < -0.3 is 15.8 Å². The monoisotopic (exact) mass is 276 g/mol. The third-order valence-corrected chi connectivity index (χ3v) is 3.73. The highest BCUT2D eigenvalue weighted by Gasteiger charge is 2.05. The summed E-state index contributed by atoms with van der Waals surface area (Å²) in [6.07, 6.45) is 1.99. The molecule has 1 aromatic heterocycles. The molecule has 0 aliphatic heterocycles. The Bertz CT molecular complexity index is 497. The van der Waals surface area contributed by atoms with E-state index in [0.29, 0.717) is 12.3 Å². The van der Waals surface area contributed by atoms with E-state index in [1.807, 2.05) is 18.2 Å². The van der Waals surface area contributed by atoms with Gasteiger partial charge in [-0.3, -0.25) is 0 Å². The van der Waals surface area contributed by atoms with Gasteiger partial charge in [0.05, 0.1) is 18.0 Å². The topological polar surface area (TPSA) is 47.3 Å². The van der Waals surface area contributed by atoms with Gasteiger partial charge in [0, 0.05) is 11.4 Å².